The molecule has 2 amide bonds. The highest BCUT2D eigenvalue weighted by atomic mass is 35.5. The van der Waals surface area contributed by atoms with Crippen LogP contribution in [0, 0.1) is 0 Å². The van der Waals surface area contributed by atoms with Gasteiger partial charge in [0.05, 0.1) is 0 Å². The summed E-state index contributed by atoms with van der Waals surface area (Å²) in [5, 5.41) is 2.89. The first-order valence-electron chi connectivity index (χ1n) is 7.70. The number of benzene rings is 1. The van der Waals surface area contributed by atoms with Crippen LogP contribution in [0.3, 0.4) is 0 Å². The molecule has 0 saturated heterocycles. The van der Waals surface area contributed by atoms with Gasteiger partial charge in [0.2, 0.25) is 0 Å². The minimum atomic E-state index is -0.557. The number of rotatable bonds is 3. The van der Waals surface area contributed by atoms with Crippen LogP contribution in [0.25, 0.3) is 11.3 Å². The molecule has 0 fully saturated rings. The van der Waals surface area contributed by atoms with Gasteiger partial charge in [0, 0.05) is 28.5 Å². The Balaban J connectivity index is 1.56. The molecule has 0 saturated carbocycles. The lowest BCUT2D eigenvalue weighted by molar-refractivity contribution is 0.0927. The fourth-order valence-electron chi connectivity index (χ4n) is 2.14. The number of thiocarbonyl (C=S) groups is 1. The molecule has 27 heavy (non-hydrogen) atoms. The van der Waals surface area contributed by atoms with E-state index in [9.17, 15) is 9.59 Å². The highest BCUT2D eigenvalue weighted by Crippen LogP contribution is 2.24. The van der Waals surface area contributed by atoms with Crippen molar-refractivity contribution >= 4 is 40.7 Å². The number of aromatic nitrogens is 1. The highest BCUT2D eigenvalue weighted by molar-refractivity contribution is 7.80. The van der Waals surface area contributed by atoms with Gasteiger partial charge in [-0.25, -0.2) is 0 Å². The third kappa shape index (κ3) is 4.90. The lowest BCUT2D eigenvalue weighted by atomic mass is 10.2. The topological polar surface area (TPSA) is 96.3 Å². The molecule has 0 atom stereocenters. The molecule has 0 radical (unpaired) electrons. The molecule has 9 heteroatoms. The Morgan fingerprint density at radius 2 is 1.78 bits per heavy atom. The van der Waals surface area contributed by atoms with Crippen molar-refractivity contribution in [2.75, 3.05) is 0 Å². The van der Waals surface area contributed by atoms with Crippen molar-refractivity contribution in [3.05, 3.63) is 77.3 Å². The number of furan rings is 1. The fourth-order valence-corrected chi connectivity index (χ4v) is 2.48. The number of carbonyl (C=O) groups excluding carboxylic acids is 2. The van der Waals surface area contributed by atoms with Crippen molar-refractivity contribution in [3.63, 3.8) is 0 Å². The van der Waals surface area contributed by atoms with Crippen LogP contribution < -0.4 is 16.2 Å². The SMILES string of the molecule is O=C(NNC(=S)NC(=O)c1ccc(-c2cccc(Cl)c2)o1)c1ccncc1. The fraction of sp³-hybridized carbons (Fsp3) is 0. The van der Waals surface area contributed by atoms with E-state index in [1.54, 1.807) is 36.4 Å². The summed E-state index contributed by atoms with van der Waals surface area (Å²) in [6.45, 7) is 0. The van der Waals surface area contributed by atoms with E-state index in [-0.39, 0.29) is 10.9 Å². The summed E-state index contributed by atoms with van der Waals surface area (Å²) in [6, 6.07) is 13.3. The van der Waals surface area contributed by atoms with Crippen LogP contribution in [-0.4, -0.2) is 21.9 Å². The second-order valence-corrected chi connectivity index (χ2v) is 6.12. The second-order valence-electron chi connectivity index (χ2n) is 5.27. The summed E-state index contributed by atoms with van der Waals surface area (Å²) in [4.78, 5) is 27.9. The van der Waals surface area contributed by atoms with Gasteiger partial charge in [0.1, 0.15) is 5.76 Å². The molecule has 0 bridgehead atoms. The summed E-state index contributed by atoms with van der Waals surface area (Å²) in [5.41, 5.74) is 5.96. The van der Waals surface area contributed by atoms with Crippen molar-refractivity contribution < 1.29 is 14.0 Å². The molecule has 0 unspecified atom stereocenters. The highest BCUT2D eigenvalue weighted by Gasteiger charge is 2.14. The summed E-state index contributed by atoms with van der Waals surface area (Å²) < 4.78 is 5.53. The lowest BCUT2D eigenvalue weighted by Crippen LogP contribution is -2.48. The average molecular weight is 401 g/mol. The number of nitrogens with zero attached hydrogens (tertiary/aromatic N) is 1. The van der Waals surface area contributed by atoms with Gasteiger partial charge in [-0.3, -0.25) is 30.7 Å². The summed E-state index contributed by atoms with van der Waals surface area (Å²) in [6.07, 6.45) is 2.98. The Hall–Kier alpha value is -3.23. The van der Waals surface area contributed by atoms with Crippen LogP contribution >= 0.6 is 23.8 Å². The van der Waals surface area contributed by atoms with Gasteiger partial charge in [0.15, 0.2) is 10.9 Å². The summed E-state index contributed by atoms with van der Waals surface area (Å²) in [5.74, 6) is -0.420. The van der Waals surface area contributed by atoms with Crippen LogP contribution in [0.5, 0.6) is 0 Å². The lowest BCUT2D eigenvalue weighted by Gasteiger charge is -2.09. The molecule has 7 nitrogen and oxygen atoms in total. The molecular weight excluding hydrogens is 388 g/mol. The zero-order valence-electron chi connectivity index (χ0n) is 13.7. The molecule has 3 aromatic rings. The minimum absolute atomic E-state index is 0.0644. The van der Waals surface area contributed by atoms with E-state index < -0.39 is 11.8 Å². The molecule has 0 spiro atoms. The van der Waals surface area contributed by atoms with Gasteiger partial charge in [0.25, 0.3) is 11.8 Å². The molecule has 1 aromatic carbocycles. The predicted octanol–water partition coefficient (Wildman–Crippen LogP) is 2.94. The molecule has 0 aliphatic carbocycles. The van der Waals surface area contributed by atoms with E-state index in [1.165, 1.54) is 18.5 Å². The Kier molecular flexibility index (Phi) is 5.80. The molecule has 3 N–H and O–H groups in total. The number of hydrogen-bond acceptors (Lipinski definition) is 5. The van der Waals surface area contributed by atoms with Crippen LogP contribution in [0.15, 0.2) is 65.3 Å². The molecular formula is C18H13ClN4O3S. The van der Waals surface area contributed by atoms with Gasteiger partial charge in [-0.05, 0) is 48.6 Å². The van der Waals surface area contributed by atoms with E-state index in [1.807, 2.05) is 6.07 Å². The molecule has 2 heterocycles. The first-order valence-corrected chi connectivity index (χ1v) is 8.49. The quantitative estimate of drug-likeness (QED) is 0.462. The number of pyridine rings is 1. The number of hydrogen-bond donors (Lipinski definition) is 3. The monoisotopic (exact) mass is 400 g/mol. The predicted molar refractivity (Wildman–Crippen MR) is 104 cm³/mol. The van der Waals surface area contributed by atoms with E-state index in [0.717, 1.165) is 5.56 Å². The van der Waals surface area contributed by atoms with E-state index in [2.05, 4.69) is 21.2 Å². The van der Waals surface area contributed by atoms with Crippen molar-refractivity contribution in [2.45, 2.75) is 0 Å². The van der Waals surface area contributed by atoms with Gasteiger partial charge >= 0.3 is 0 Å². The number of nitrogens with one attached hydrogen (secondary N) is 3. The largest absolute Gasteiger partial charge is 0.451 e. The number of halogens is 1. The smallest absolute Gasteiger partial charge is 0.293 e. The molecule has 0 aliphatic heterocycles. The second kappa shape index (κ2) is 8.43. The third-order valence-electron chi connectivity index (χ3n) is 3.40. The summed E-state index contributed by atoms with van der Waals surface area (Å²) >= 11 is 10.9. The third-order valence-corrected chi connectivity index (χ3v) is 3.84. The van der Waals surface area contributed by atoms with Crippen molar-refractivity contribution in [1.29, 1.82) is 0 Å². The normalized spacial score (nSPS) is 10.1. The summed E-state index contributed by atoms with van der Waals surface area (Å²) in [7, 11) is 0. The van der Waals surface area contributed by atoms with E-state index in [4.69, 9.17) is 28.2 Å². The Morgan fingerprint density at radius 1 is 1.00 bits per heavy atom. The van der Waals surface area contributed by atoms with Crippen molar-refractivity contribution in [1.82, 2.24) is 21.2 Å². The zero-order valence-corrected chi connectivity index (χ0v) is 15.3. The standard InChI is InChI=1S/C18H13ClN4O3S/c19-13-3-1-2-12(10-13)14-4-5-15(26-14)17(25)21-18(27)23-22-16(24)11-6-8-20-9-7-11/h1-10H,(H,22,24)(H2,21,23,25,27). The molecule has 2 aromatic heterocycles. The average Bonchev–Trinajstić information content (AvgIpc) is 3.17. The van der Waals surface area contributed by atoms with Crippen LogP contribution in [0.2, 0.25) is 5.02 Å². The minimum Gasteiger partial charge on any atom is -0.451 e. The van der Waals surface area contributed by atoms with E-state index >= 15 is 0 Å². The Labute approximate surface area is 164 Å². The van der Waals surface area contributed by atoms with Crippen LogP contribution in [0.1, 0.15) is 20.9 Å². The maximum Gasteiger partial charge on any atom is 0.293 e. The number of carbonyl (C=O) groups is 2. The van der Waals surface area contributed by atoms with Gasteiger partial charge < -0.3 is 4.42 Å². The first kappa shape index (κ1) is 18.6. The van der Waals surface area contributed by atoms with Crippen LogP contribution in [0.4, 0.5) is 0 Å². The van der Waals surface area contributed by atoms with Crippen LogP contribution in [-0.2, 0) is 0 Å². The Bertz CT molecular complexity index is 991. The maximum absolute atomic E-state index is 12.2. The number of amides is 2. The van der Waals surface area contributed by atoms with Gasteiger partial charge in [-0.2, -0.15) is 0 Å². The maximum atomic E-state index is 12.2. The molecule has 136 valence electrons. The van der Waals surface area contributed by atoms with E-state index in [0.29, 0.717) is 16.3 Å². The number of hydrazine groups is 1. The Morgan fingerprint density at radius 3 is 2.52 bits per heavy atom. The van der Waals surface area contributed by atoms with Crippen molar-refractivity contribution in [2.24, 2.45) is 0 Å². The zero-order chi connectivity index (χ0) is 19.2. The van der Waals surface area contributed by atoms with Crippen molar-refractivity contribution in [3.8, 4) is 11.3 Å². The molecule has 0 aliphatic rings. The first-order chi connectivity index (χ1) is 13.0. The van der Waals surface area contributed by atoms with Gasteiger partial charge in [-0.1, -0.05) is 23.7 Å². The van der Waals surface area contributed by atoms with Gasteiger partial charge in [-0.15, -0.1) is 0 Å². The molecule has 3 rings (SSSR count).